The number of alkyl halides is 6. The van der Waals surface area contributed by atoms with Crippen LogP contribution in [0.5, 0.6) is 5.75 Å². The molecule has 0 spiro atoms. The van der Waals surface area contributed by atoms with Crippen molar-refractivity contribution in [2.75, 3.05) is 7.11 Å². The summed E-state index contributed by atoms with van der Waals surface area (Å²) >= 11 is 0. The summed E-state index contributed by atoms with van der Waals surface area (Å²) in [5.41, 5.74) is -3.98. The Balaban J connectivity index is 2.27. The van der Waals surface area contributed by atoms with Gasteiger partial charge in [0.05, 0.1) is 23.2 Å². The van der Waals surface area contributed by atoms with E-state index in [1.54, 1.807) is 0 Å². The summed E-state index contributed by atoms with van der Waals surface area (Å²) in [6.07, 6.45) is -10.0. The van der Waals surface area contributed by atoms with Crippen molar-refractivity contribution >= 4 is 11.6 Å². The summed E-state index contributed by atoms with van der Waals surface area (Å²) < 4.78 is 82.0. The largest absolute Gasteiger partial charge is 0.490 e. The molecule has 1 N–H and O–H groups in total. The van der Waals surface area contributed by atoms with E-state index in [4.69, 9.17) is 4.74 Å². The van der Waals surface area contributed by atoms with Gasteiger partial charge in [-0.15, -0.1) is 0 Å². The van der Waals surface area contributed by atoms with Gasteiger partial charge in [0.15, 0.2) is 5.75 Å². The minimum Gasteiger partial charge on any atom is -0.490 e. The molecule has 0 aliphatic carbocycles. The molecule has 0 saturated carbocycles. The first-order chi connectivity index (χ1) is 13.3. The summed E-state index contributed by atoms with van der Waals surface area (Å²) in [7, 11) is 1.13. The molecule has 0 atom stereocenters. The van der Waals surface area contributed by atoms with E-state index in [1.807, 2.05) is 0 Å². The maximum absolute atomic E-state index is 12.9. The fourth-order valence-electron chi connectivity index (χ4n) is 2.38. The number of amides is 1. The van der Waals surface area contributed by atoms with Gasteiger partial charge >= 0.3 is 18.0 Å². The van der Waals surface area contributed by atoms with E-state index in [2.05, 4.69) is 5.32 Å². The zero-order valence-corrected chi connectivity index (χ0v) is 14.5. The van der Waals surface area contributed by atoms with Crippen molar-refractivity contribution in [3.63, 3.8) is 0 Å². The van der Waals surface area contributed by atoms with E-state index in [-0.39, 0.29) is 17.4 Å². The number of halogens is 6. The van der Waals surface area contributed by atoms with Crippen LogP contribution in [0.4, 0.5) is 32.0 Å². The van der Waals surface area contributed by atoms with E-state index in [9.17, 15) is 41.3 Å². The second-order valence-corrected chi connectivity index (χ2v) is 5.74. The van der Waals surface area contributed by atoms with E-state index >= 15 is 0 Å². The standard InChI is InChI=1S/C17H12F6N2O4/c1-29-14-6-10(2-3-13(14)25(27)28)15(26)24-8-9-4-11(16(18,19)20)7-12(5-9)17(21,22)23/h2-7H,8H2,1H3,(H,24,26). The van der Waals surface area contributed by atoms with Crippen molar-refractivity contribution in [1.82, 2.24) is 5.32 Å². The molecule has 2 rings (SSSR count). The maximum Gasteiger partial charge on any atom is 0.416 e. The number of hydrogen-bond acceptors (Lipinski definition) is 4. The molecule has 0 fully saturated rings. The van der Waals surface area contributed by atoms with Crippen molar-refractivity contribution in [3.05, 3.63) is 68.8 Å². The molecule has 6 nitrogen and oxygen atoms in total. The van der Waals surface area contributed by atoms with E-state index < -0.39 is 52.1 Å². The van der Waals surface area contributed by atoms with E-state index in [0.717, 1.165) is 25.3 Å². The molecule has 156 valence electrons. The van der Waals surface area contributed by atoms with Crippen LogP contribution in [0.1, 0.15) is 27.0 Å². The fourth-order valence-corrected chi connectivity index (χ4v) is 2.38. The number of nitro benzene ring substituents is 1. The van der Waals surface area contributed by atoms with Crippen LogP contribution in [-0.4, -0.2) is 17.9 Å². The van der Waals surface area contributed by atoms with Gasteiger partial charge in [-0.3, -0.25) is 14.9 Å². The van der Waals surface area contributed by atoms with Gasteiger partial charge in [0, 0.05) is 24.2 Å². The van der Waals surface area contributed by atoms with Crippen molar-refractivity contribution in [1.29, 1.82) is 0 Å². The Morgan fingerprint density at radius 3 is 2.03 bits per heavy atom. The van der Waals surface area contributed by atoms with Crippen LogP contribution in [0.25, 0.3) is 0 Å². The third-order valence-corrected chi connectivity index (χ3v) is 3.74. The molecule has 0 unspecified atom stereocenters. The highest BCUT2D eigenvalue weighted by atomic mass is 19.4. The predicted molar refractivity (Wildman–Crippen MR) is 87.3 cm³/mol. The summed E-state index contributed by atoms with van der Waals surface area (Å²) in [5, 5.41) is 13.0. The zero-order chi connectivity index (χ0) is 22.0. The van der Waals surface area contributed by atoms with Crippen LogP contribution >= 0.6 is 0 Å². The number of carbonyl (C=O) groups is 1. The molecule has 2 aromatic rings. The first kappa shape index (κ1) is 22.0. The first-order valence-electron chi connectivity index (χ1n) is 7.72. The van der Waals surface area contributed by atoms with Crippen LogP contribution in [-0.2, 0) is 18.9 Å². The monoisotopic (exact) mass is 422 g/mol. The van der Waals surface area contributed by atoms with Crippen molar-refractivity contribution in [2.24, 2.45) is 0 Å². The van der Waals surface area contributed by atoms with Gasteiger partial charge < -0.3 is 10.1 Å². The average molecular weight is 422 g/mol. The Morgan fingerprint density at radius 2 is 1.59 bits per heavy atom. The number of nitrogens with one attached hydrogen (secondary N) is 1. The zero-order valence-electron chi connectivity index (χ0n) is 14.5. The van der Waals surface area contributed by atoms with Gasteiger partial charge in [-0.05, 0) is 29.8 Å². The van der Waals surface area contributed by atoms with E-state index in [1.165, 1.54) is 0 Å². The highest BCUT2D eigenvalue weighted by Crippen LogP contribution is 2.36. The van der Waals surface area contributed by atoms with Gasteiger partial charge in [0.25, 0.3) is 5.91 Å². The normalized spacial score (nSPS) is 11.8. The second-order valence-electron chi connectivity index (χ2n) is 5.74. The third-order valence-electron chi connectivity index (χ3n) is 3.74. The molecule has 0 bridgehead atoms. The molecule has 29 heavy (non-hydrogen) atoms. The van der Waals surface area contributed by atoms with Crippen molar-refractivity contribution < 1.29 is 40.8 Å². The molecular weight excluding hydrogens is 410 g/mol. The topological polar surface area (TPSA) is 81.5 Å². The van der Waals surface area contributed by atoms with Crippen LogP contribution in [0.15, 0.2) is 36.4 Å². The molecule has 0 heterocycles. The molecular formula is C17H12F6N2O4. The Bertz CT molecular complexity index is 908. The second kappa shape index (κ2) is 7.97. The summed E-state index contributed by atoms with van der Waals surface area (Å²) in [6.45, 7) is -0.634. The summed E-state index contributed by atoms with van der Waals surface area (Å²) in [5.74, 6) is -1.11. The molecule has 0 aromatic heterocycles. The maximum atomic E-state index is 12.9. The molecule has 0 radical (unpaired) electrons. The van der Waals surface area contributed by atoms with Crippen molar-refractivity contribution in [3.8, 4) is 5.75 Å². The number of carbonyl (C=O) groups excluding carboxylic acids is 1. The molecule has 0 aliphatic rings. The summed E-state index contributed by atoms with van der Waals surface area (Å²) in [4.78, 5) is 22.2. The van der Waals surface area contributed by atoms with Gasteiger partial charge in [0.2, 0.25) is 0 Å². The number of methoxy groups -OCH3 is 1. The Labute approximate surface area is 159 Å². The van der Waals surface area contributed by atoms with Crippen LogP contribution in [0.2, 0.25) is 0 Å². The lowest BCUT2D eigenvalue weighted by molar-refractivity contribution is -0.385. The Hall–Kier alpha value is -3.31. The quantitative estimate of drug-likeness (QED) is 0.435. The van der Waals surface area contributed by atoms with Crippen LogP contribution in [0.3, 0.4) is 0 Å². The third kappa shape index (κ3) is 5.36. The number of ether oxygens (including phenoxy) is 1. The number of nitrogens with zero attached hydrogens (tertiary/aromatic N) is 1. The Morgan fingerprint density at radius 1 is 1.03 bits per heavy atom. The smallest absolute Gasteiger partial charge is 0.416 e. The van der Waals surface area contributed by atoms with Gasteiger partial charge in [-0.25, -0.2) is 0 Å². The molecule has 1 amide bonds. The number of benzene rings is 2. The number of nitro groups is 1. The highest BCUT2D eigenvalue weighted by Gasteiger charge is 2.36. The molecule has 2 aromatic carbocycles. The number of rotatable bonds is 5. The lowest BCUT2D eigenvalue weighted by Crippen LogP contribution is -2.23. The van der Waals surface area contributed by atoms with Crippen molar-refractivity contribution in [2.45, 2.75) is 18.9 Å². The van der Waals surface area contributed by atoms with Gasteiger partial charge in [-0.2, -0.15) is 26.3 Å². The van der Waals surface area contributed by atoms with Crippen LogP contribution < -0.4 is 10.1 Å². The summed E-state index contributed by atoms with van der Waals surface area (Å²) in [6, 6.07) is 4.05. The lowest BCUT2D eigenvalue weighted by atomic mass is 10.0. The van der Waals surface area contributed by atoms with Gasteiger partial charge in [-0.1, -0.05) is 0 Å². The van der Waals surface area contributed by atoms with Gasteiger partial charge in [0.1, 0.15) is 0 Å². The molecule has 0 aliphatic heterocycles. The van der Waals surface area contributed by atoms with E-state index in [0.29, 0.717) is 12.1 Å². The lowest BCUT2D eigenvalue weighted by Gasteiger charge is -2.14. The first-order valence-corrected chi connectivity index (χ1v) is 7.72. The average Bonchev–Trinajstić information content (AvgIpc) is 2.63. The minimum atomic E-state index is -5.01. The minimum absolute atomic E-state index is 0.0213. The highest BCUT2D eigenvalue weighted by molar-refractivity contribution is 5.95. The fraction of sp³-hybridized carbons (Fsp3) is 0.235. The Kier molecular flexibility index (Phi) is 6.04. The SMILES string of the molecule is COc1cc(C(=O)NCc2cc(C(F)(F)F)cc(C(F)(F)F)c2)ccc1[N+](=O)[O-]. The van der Waals surface area contributed by atoms with Crippen LogP contribution in [0, 0.1) is 10.1 Å². The number of hydrogen-bond donors (Lipinski definition) is 1. The molecule has 12 heteroatoms. The predicted octanol–water partition coefficient (Wildman–Crippen LogP) is 4.57. The molecule has 0 saturated heterocycles.